The van der Waals surface area contributed by atoms with Gasteiger partial charge >= 0.3 is 35.2 Å². The summed E-state index contributed by atoms with van der Waals surface area (Å²) >= 11 is 4.05. The SMILES string of the molecule is CCO[Si](CCCSSSSCCC1CC(CCSSSSCCC2CCC(CSC[Si](OCC)(OCC)OCC)C(CCSSSSCCC[Si](OCC)(OCC)OCC)C2)CCC1CSC[Si](OCC)(OCC)OCC)(OCC)OCC. The van der Waals surface area contributed by atoms with E-state index in [9.17, 15) is 0 Å². The van der Waals surface area contributed by atoms with E-state index in [1.165, 1.54) is 98.7 Å². The van der Waals surface area contributed by atoms with Crippen molar-refractivity contribution in [3.05, 3.63) is 0 Å². The quantitative estimate of drug-likeness (QED) is 0.0327. The number of hydrogen-bond donors (Lipinski definition) is 0. The summed E-state index contributed by atoms with van der Waals surface area (Å²) in [6.45, 7) is 32.2. The molecule has 0 N–H and O–H groups in total. The van der Waals surface area contributed by atoms with E-state index in [0.29, 0.717) is 79.3 Å². The zero-order valence-corrected chi connectivity index (χ0v) is 69.0. The highest BCUT2D eigenvalue weighted by Gasteiger charge is 2.44. The van der Waals surface area contributed by atoms with E-state index < -0.39 is 35.2 Å². The third kappa shape index (κ3) is 38.3. The smallest absolute Gasteiger partial charge is 0.374 e. The van der Waals surface area contributed by atoms with Crippen LogP contribution in [0.25, 0.3) is 0 Å². The fourth-order valence-corrected chi connectivity index (χ4v) is 44.9. The fourth-order valence-electron chi connectivity index (χ4n) is 10.9. The minimum absolute atomic E-state index is 0.632. The fraction of sp³-hybridized carbons (Fsp3) is 1.00. The van der Waals surface area contributed by atoms with Crippen LogP contribution in [-0.4, -0.2) is 171 Å². The molecule has 0 aliphatic heterocycles. The normalized spacial score (nSPS) is 20.1. The van der Waals surface area contributed by atoms with Crippen LogP contribution in [0.3, 0.4) is 0 Å². The molecule has 0 spiro atoms. The minimum atomic E-state index is -2.67. The molecule has 2 saturated carbocycles. The van der Waals surface area contributed by atoms with Crippen LogP contribution in [0.2, 0.25) is 12.1 Å². The lowest BCUT2D eigenvalue weighted by Gasteiger charge is -2.37. The average Bonchev–Trinajstić information content (AvgIpc) is 3.69. The Kier molecular flexibility index (Phi) is 57.2. The molecule has 2 fully saturated rings. The lowest BCUT2D eigenvalue weighted by molar-refractivity contribution is 0.0704. The maximum atomic E-state index is 6.24. The molecule has 6 unspecified atom stereocenters. The van der Waals surface area contributed by atoms with Crippen molar-refractivity contribution >= 4 is 182 Å². The molecule has 0 amide bonds. The summed E-state index contributed by atoms with van der Waals surface area (Å²) in [6.07, 6.45) is 15.4. The molecule has 502 valence electrons. The van der Waals surface area contributed by atoms with Crippen LogP contribution in [0.5, 0.6) is 0 Å². The van der Waals surface area contributed by atoms with Gasteiger partial charge in [-0.25, -0.2) is 0 Å². The topological polar surface area (TPSA) is 111 Å². The van der Waals surface area contributed by atoms with Crippen molar-refractivity contribution in [1.29, 1.82) is 0 Å². The Morgan fingerprint density at radius 1 is 0.286 bits per heavy atom. The van der Waals surface area contributed by atoms with Gasteiger partial charge in [0.1, 0.15) is 0 Å². The Morgan fingerprint density at radius 2 is 0.536 bits per heavy atom. The first-order chi connectivity index (χ1) is 41.0. The first-order valence-electron chi connectivity index (χ1n) is 31.6. The molecule has 0 radical (unpaired) electrons. The molecule has 0 heterocycles. The second kappa shape index (κ2) is 56.3. The van der Waals surface area contributed by atoms with E-state index >= 15 is 0 Å². The van der Waals surface area contributed by atoms with Crippen LogP contribution in [0.15, 0.2) is 0 Å². The van der Waals surface area contributed by atoms with E-state index in [2.05, 4.69) is 63.1 Å². The highest BCUT2D eigenvalue weighted by atomic mass is 33.7. The second-order valence-electron chi connectivity index (χ2n) is 20.1. The largest absolute Gasteiger partial charge is 0.511 e. The highest BCUT2D eigenvalue weighted by molar-refractivity contribution is 9.27. The van der Waals surface area contributed by atoms with Crippen LogP contribution in [-0.2, 0) is 53.1 Å². The Morgan fingerprint density at radius 3 is 0.810 bits per heavy atom. The van der Waals surface area contributed by atoms with E-state index in [1.54, 1.807) is 0 Å². The molecule has 6 atom stereocenters. The van der Waals surface area contributed by atoms with Gasteiger partial charge in [0, 0.05) is 126 Å². The minimum Gasteiger partial charge on any atom is -0.374 e. The van der Waals surface area contributed by atoms with Gasteiger partial charge < -0.3 is 53.1 Å². The van der Waals surface area contributed by atoms with Crippen molar-refractivity contribution in [3.8, 4) is 0 Å². The van der Waals surface area contributed by atoms with Crippen molar-refractivity contribution in [2.75, 3.05) is 136 Å². The maximum Gasteiger partial charge on any atom is 0.511 e. The second-order valence-corrected chi connectivity index (χ2v) is 52.5. The van der Waals surface area contributed by atoms with Crippen molar-refractivity contribution < 1.29 is 53.1 Å². The van der Waals surface area contributed by atoms with E-state index in [4.69, 9.17) is 53.1 Å². The summed E-state index contributed by atoms with van der Waals surface area (Å²) < 4.78 is 73.9. The zero-order chi connectivity index (χ0) is 61.3. The third-order valence-corrected chi connectivity index (χ3v) is 50.4. The summed E-state index contributed by atoms with van der Waals surface area (Å²) in [5.41, 5.74) is 0. The molecule has 12 nitrogen and oxygen atoms in total. The molecular weight excluding hydrogens is 1400 g/mol. The molecule has 0 saturated heterocycles. The maximum absolute atomic E-state index is 6.24. The Labute approximate surface area is 573 Å². The molecule has 0 aromatic rings. The van der Waals surface area contributed by atoms with E-state index in [0.717, 1.165) is 82.7 Å². The van der Waals surface area contributed by atoms with Crippen LogP contribution < -0.4 is 0 Å². The predicted molar refractivity (Wildman–Crippen MR) is 403 cm³/mol. The van der Waals surface area contributed by atoms with Gasteiger partial charge in [-0.05, 0) is 253 Å². The van der Waals surface area contributed by atoms with Crippen molar-refractivity contribution in [1.82, 2.24) is 0 Å². The molecule has 2 rings (SSSR count). The van der Waals surface area contributed by atoms with E-state index in [1.807, 2.05) is 167 Å². The summed E-state index contributed by atoms with van der Waals surface area (Å²) in [6, 6.07) is 1.77. The Hall–Kier alpha value is 5.29. The predicted octanol–water partition coefficient (Wildman–Crippen LogP) is 20.2. The summed E-state index contributed by atoms with van der Waals surface area (Å²) in [4.78, 5) is 0. The van der Waals surface area contributed by atoms with Gasteiger partial charge in [-0.2, -0.15) is 23.5 Å². The van der Waals surface area contributed by atoms with Crippen molar-refractivity contribution in [2.24, 2.45) is 35.5 Å². The lowest BCUT2D eigenvalue weighted by atomic mass is 9.73. The van der Waals surface area contributed by atoms with Gasteiger partial charge in [0.2, 0.25) is 0 Å². The zero-order valence-electron chi connectivity index (χ0n) is 53.5. The van der Waals surface area contributed by atoms with Gasteiger partial charge in [0.15, 0.2) is 0 Å². The van der Waals surface area contributed by atoms with Crippen molar-refractivity contribution in [2.45, 2.75) is 172 Å². The third-order valence-electron chi connectivity index (χ3n) is 14.2. The molecule has 84 heavy (non-hydrogen) atoms. The number of rotatable bonds is 61. The molecule has 0 bridgehead atoms. The monoisotopic (exact) mass is 1510 g/mol. The average molecular weight is 1520 g/mol. The molecule has 0 aromatic carbocycles. The van der Waals surface area contributed by atoms with Crippen LogP contribution in [0, 0.1) is 35.5 Å². The highest BCUT2D eigenvalue weighted by Crippen LogP contribution is 2.50. The Bertz CT molecular complexity index is 1340. The molecule has 2 aliphatic carbocycles. The van der Waals surface area contributed by atoms with Gasteiger partial charge in [0.05, 0.1) is 10.8 Å². The van der Waals surface area contributed by atoms with Crippen LogP contribution in [0.1, 0.15) is 160 Å². The number of hydrogen-bond acceptors (Lipinski definition) is 26. The number of thioether (sulfide) groups is 2. The van der Waals surface area contributed by atoms with Crippen molar-refractivity contribution in [3.63, 3.8) is 0 Å². The van der Waals surface area contributed by atoms with Crippen LogP contribution >= 0.6 is 147 Å². The molecule has 0 aromatic heterocycles. The van der Waals surface area contributed by atoms with Gasteiger partial charge in [-0.15, -0.1) is 0 Å². The molecule has 2 aliphatic rings. The molecule has 30 heteroatoms. The van der Waals surface area contributed by atoms with Gasteiger partial charge in [-0.1, -0.05) is 77.6 Å². The summed E-state index contributed by atoms with van der Waals surface area (Å²) in [5.74, 6) is 14.0. The summed E-state index contributed by atoms with van der Waals surface area (Å²) in [5, 5.41) is 1.68. The first-order valence-corrected chi connectivity index (χ1v) is 57.1. The standard InChI is InChI=1S/C54H114O12S14Si4/c1-13-55-81(56-14-2,57-15-3)41-25-35-69-75-79-73-39-33-51-43-49(27-29-53(51)45-67-47-83(61-19-7,62-20-8)63-21-9)31-37-71-77-78-72-38-32-50-28-30-54(46-68-48-84(64-22-10,65-23-11)66-24-12)52(44-50)34-40-74-80-76-70-36-26-42-82(58-16-4,59-17-5)60-18-6/h49-54H,13-48H2,1-12H3. The lowest BCUT2D eigenvalue weighted by Crippen LogP contribution is -2.49. The Balaban J connectivity index is 1.87. The summed E-state index contributed by atoms with van der Waals surface area (Å²) in [7, 11) is 13.5. The molecular formula is C54H114O12S14Si4. The first kappa shape index (κ1) is 85.4. The van der Waals surface area contributed by atoms with E-state index in [-0.39, 0.29) is 0 Å². The van der Waals surface area contributed by atoms with Gasteiger partial charge in [0.25, 0.3) is 0 Å². The van der Waals surface area contributed by atoms with Crippen LogP contribution in [0.4, 0.5) is 0 Å². The van der Waals surface area contributed by atoms with Gasteiger partial charge in [-0.3, -0.25) is 0 Å².